The van der Waals surface area contributed by atoms with Crippen LogP contribution in [0.2, 0.25) is 0 Å². The maximum absolute atomic E-state index is 6.41. The number of nitrogen functional groups attached to an aromatic ring is 1. The lowest BCUT2D eigenvalue weighted by Gasteiger charge is -2.11. The predicted molar refractivity (Wildman–Crippen MR) is 68.3 cm³/mol. The summed E-state index contributed by atoms with van der Waals surface area (Å²) in [7, 11) is 0. The van der Waals surface area contributed by atoms with Crippen molar-refractivity contribution in [2.24, 2.45) is 5.73 Å². The highest BCUT2D eigenvalue weighted by molar-refractivity contribution is 5.47. The van der Waals surface area contributed by atoms with E-state index in [0.29, 0.717) is 5.92 Å². The fourth-order valence-corrected chi connectivity index (χ4v) is 2.43. The molecule has 0 spiro atoms. The van der Waals surface area contributed by atoms with E-state index >= 15 is 0 Å². The molecule has 86 valence electrons. The number of hydrogen-bond donors (Lipinski definition) is 2. The molecule has 1 aliphatic carbocycles. The average Bonchev–Trinajstić information content (AvgIpc) is 3.05. The molecule has 0 aliphatic heterocycles. The first-order valence-corrected chi connectivity index (χ1v) is 5.75. The second-order valence-corrected chi connectivity index (χ2v) is 4.71. The Labute approximate surface area is 100 Å². The summed E-state index contributed by atoms with van der Waals surface area (Å²) < 4.78 is 0. The Morgan fingerprint density at radius 2 is 2.12 bits per heavy atom. The summed E-state index contributed by atoms with van der Waals surface area (Å²) in [5, 5.41) is 0. The van der Waals surface area contributed by atoms with Crippen LogP contribution in [0.5, 0.6) is 0 Å². The lowest BCUT2D eigenvalue weighted by atomic mass is 10.0. The third-order valence-electron chi connectivity index (χ3n) is 3.52. The van der Waals surface area contributed by atoms with Gasteiger partial charge in [-0.3, -0.25) is 4.98 Å². The summed E-state index contributed by atoms with van der Waals surface area (Å²) in [5.41, 5.74) is 15.1. The van der Waals surface area contributed by atoms with Gasteiger partial charge in [0.05, 0.1) is 5.54 Å². The van der Waals surface area contributed by atoms with E-state index in [0.717, 1.165) is 17.7 Å². The van der Waals surface area contributed by atoms with Crippen LogP contribution < -0.4 is 11.5 Å². The van der Waals surface area contributed by atoms with E-state index < -0.39 is 0 Å². The number of rotatable bonds is 2. The van der Waals surface area contributed by atoms with E-state index in [1.807, 2.05) is 36.5 Å². The minimum absolute atomic E-state index is 0.262. The van der Waals surface area contributed by atoms with E-state index in [9.17, 15) is 0 Å². The van der Waals surface area contributed by atoms with Gasteiger partial charge in [-0.1, -0.05) is 18.2 Å². The molecule has 0 saturated heterocycles. The molecule has 2 atom stereocenters. The first-order valence-electron chi connectivity index (χ1n) is 5.75. The molecule has 0 bridgehead atoms. The van der Waals surface area contributed by atoms with Gasteiger partial charge >= 0.3 is 0 Å². The fraction of sp³-hybridized carbons (Fsp3) is 0.214. The number of hydrogen-bond acceptors (Lipinski definition) is 3. The molecule has 17 heavy (non-hydrogen) atoms. The Morgan fingerprint density at radius 3 is 2.82 bits per heavy atom. The fourth-order valence-electron chi connectivity index (χ4n) is 2.43. The van der Waals surface area contributed by atoms with Crippen LogP contribution in [-0.4, -0.2) is 4.98 Å². The van der Waals surface area contributed by atoms with E-state index in [2.05, 4.69) is 11.1 Å². The summed E-state index contributed by atoms with van der Waals surface area (Å²) in [6.07, 6.45) is 4.58. The van der Waals surface area contributed by atoms with Gasteiger partial charge in [0.1, 0.15) is 0 Å². The minimum atomic E-state index is -0.262. The topological polar surface area (TPSA) is 64.9 Å². The second-order valence-electron chi connectivity index (χ2n) is 4.71. The lowest BCUT2D eigenvalue weighted by Crippen LogP contribution is -2.21. The van der Waals surface area contributed by atoms with Gasteiger partial charge in [-0.15, -0.1) is 0 Å². The number of anilines is 1. The minimum Gasteiger partial charge on any atom is -0.399 e. The highest BCUT2D eigenvalue weighted by atomic mass is 14.9. The van der Waals surface area contributed by atoms with Gasteiger partial charge < -0.3 is 11.5 Å². The highest BCUT2D eigenvalue weighted by Crippen LogP contribution is 2.56. The summed E-state index contributed by atoms with van der Waals surface area (Å²) in [5.74, 6) is 0.357. The van der Waals surface area contributed by atoms with Crippen molar-refractivity contribution in [3.63, 3.8) is 0 Å². The molecule has 1 fully saturated rings. The van der Waals surface area contributed by atoms with Crippen molar-refractivity contribution in [1.82, 2.24) is 4.98 Å². The quantitative estimate of drug-likeness (QED) is 0.768. The van der Waals surface area contributed by atoms with Crippen molar-refractivity contribution in [3.05, 3.63) is 59.9 Å². The van der Waals surface area contributed by atoms with Crippen molar-refractivity contribution in [2.75, 3.05) is 5.73 Å². The van der Waals surface area contributed by atoms with E-state index in [4.69, 9.17) is 11.5 Å². The zero-order valence-electron chi connectivity index (χ0n) is 9.51. The van der Waals surface area contributed by atoms with Crippen LogP contribution >= 0.6 is 0 Å². The van der Waals surface area contributed by atoms with Crippen LogP contribution in [0.3, 0.4) is 0 Å². The number of nitrogens with two attached hydrogens (primary N) is 2. The normalized spacial score (nSPS) is 26.8. The molecule has 2 aromatic rings. The lowest BCUT2D eigenvalue weighted by molar-refractivity contribution is 0.701. The Morgan fingerprint density at radius 1 is 1.24 bits per heavy atom. The molecule has 1 aromatic heterocycles. The Hall–Kier alpha value is -1.87. The average molecular weight is 225 g/mol. The molecule has 0 radical (unpaired) electrons. The third kappa shape index (κ3) is 1.68. The third-order valence-corrected chi connectivity index (χ3v) is 3.52. The molecule has 1 saturated carbocycles. The first-order chi connectivity index (χ1) is 8.20. The van der Waals surface area contributed by atoms with Gasteiger partial charge in [-0.25, -0.2) is 0 Å². The first kappa shape index (κ1) is 10.3. The van der Waals surface area contributed by atoms with Crippen LogP contribution in [-0.2, 0) is 5.54 Å². The number of benzene rings is 1. The predicted octanol–water partition coefficient (Wildman–Crippen LogP) is 2.01. The highest BCUT2D eigenvalue weighted by Gasteiger charge is 2.53. The van der Waals surface area contributed by atoms with Gasteiger partial charge in [0, 0.05) is 24.0 Å². The summed E-state index contributed by atoms with van der Waals surface area (Å²) >= 11 is 0. The molecule has 3 nitrogen and oxygen atoms in total. The van der Waals surface area contributed by atoms with Crippen molar-refractivity contribution in [3.8, 4) is 0 Å². The smallest absolute Gasteiger partial charge is 0.0501 e. The zero-order chi connectivity index (χ0) is 11.9. The summed E-state index contributed by atoms with van der Waals surface area (Å²) in [4.78, 5) is 4.13. The van der Waals surface area contributed by atoms with Gasteiger partial charge in [0.2, 0.25) is 0 Å². The van der Waals surface area contributed by atoms with Gasteiger partial charge in [-0.05, 0) is 35.7 Å². The second kappa shape index (κ2) is 3.57. The van der Waals surface area contributed by atoms with Crippen LogP contribution in [0.4, 0.5) is 5.69 Å². The van der Waals surface area contributed by atoms with Crippen LogP contribution in [0, 0.1) is 0 Å². The zero-order valence-corrected chi connectivity index (χ0v) is 9.51. The number of aromatic nitrogens is 1. The molecule has 1 aromatic carbocycles. The van der Waals surface area contributed by atoms with Gasteiger partial charge in [0.15, 0.2) is 0 Å². The van der Waals surface area contributed by atoms with Crippen LogP contribution in [0.1, 0.15) is 23.5 Å². The Balaban J connectivity index is 1.91. The van der Waals surface area contributed by atoms with Gasteiger partial charge in [-0.2, -0.15) is 0 Å². The van der Waals surface area contributed by atoms with E-state index in [1.165, 1.54) is 5.56 Å². The molecular weight excluding hydrogens is 210 g/mol. The summed E-state index contributed by atoms with van der Waals surface area (Å²) in [6.45, 7) is 0. The van der Waals surface area contributed by atoms with Crippen LogP contribution in [0.25, 0.3) is 0 Å². The van der Waals surface area contributed by atoms with Crippen molar-refractivity contribution in [2.45, 2.75) is 17.9 Å². The Bertz CT molecular complexity index is 538. The monoisotopic (exact) mass is 225 g/mol. The molecule has 0 amide bonds. The largest absolute Gasteiger partial charge is 0.399 e. The van der Waals surface area contributed by atoms with E-state index in [-0.39, 0.29) is 5.54 Å². The maximum atomic E-state index is 6.41. The molecule has 1 heterocycles. The molecular formula is C14H15N3. The molecule has 3 rings (SSSR count). The van der Waals surface area contributed by atoms with E-state index in [1.54, 1.807) is 6.20 Å². The number of pyridine rings is 1. The van der Waals surface area contributed by atoms with Gasteiger partial charge in [0.25, 0.3) is 0 Å². The van der Waals surface area contributed by atoms with Crippen molar-refractivity contribution < 1.29 is 0 Å². The van der Waals surface area contributed by atoms with Crippen LogP contribution in [0.15, 0.2) is 48.8 Å². The standard InChI is InChI=1S/C14H15N3/c15-12-5-1-3-10(7-12)13-8-14(13,16)11-4-2-6-17-9-11/h1-7,9,13H,8,15-16H2. The van der Waals surface area contributed by atoms with Crippen molar-refractivity contribution >= 4 is 5.69 Å². The molecule has 1 aliphatic rings. The SMILES string of the molecule is Nc1cccc(C2CC2(N)c2cccnc2)c1. The maximum Gasteiger partial charge on any atom is 0.0501 e. The summed E-state index contributed by atoms with van der Waals surface area (Å²) in [6, 6.07) is 11.9. The molecule has 4 N–H and O–H groups in total. The number of nitrogens with zero attached hydrogens (tertiary/aromatic N) is 1. The molecule has 2 unspecified atom stereocenters. The Kier molecular flexibility index (Phi) is 2.16. The van der Waals surface area contributed by atoms with Crippen molar-refractivity contribution in [1.29, 1.82) is 0 Å². The molecule has 3 heteroatoms.